The molecule has 0 spiro atoms. The standard InChI is InChI=1S/C12H18N2O4/c1-2-17-11(15)5-3-4-6-12(16)18-10-14-8-7-13-9-14/h7-9H,2-6,10H2,1H3. The summed E-state index contributed by atoms with van der Waals surface area (Å²) in [6.45, 7) is 2.34. The highest BCUT2D eigenvalue weighted by molar-refractivity contribution is 5.70. The lowest BCUT2D eigenvalue weighted by Crippen LogP contribution is -2.08. The van der Waals surface area contributed by atoms with E-state index in [-0.39, 0.29) is 18.7 Å². The van der Waals surface area contributed by atoms with Gasteiger partial charge < -0.3 is 14.0 Å². The fraction of sp³-hybridized carbons (Fsp3) is 0.583. The second kappa shape index (κ2) is 8.27. The van der Waals surface area contributed by atoms with Crippen LogP contribution in [0, 0.1) is 0 Å². The van der Waals surface area contributed by atoms with Gasteiger partial charge in [0.1, 0.15) is 0 Å². The molecule has 0 bridgehead atoms. The van der Waals surface area contributed by atoms with Crippen molar-refractivity contribution in [3.63, 3.8) is 0 Å². The number of esters is 2. The Labute approximate surface area is 106 Å². The van der Waals surface area contributed by atoms with Crippen LogP contribution in [0.15, 0.2) is 18.7 Å². The number of hydrogen-bond acceptors (Lipinski definition) is 5. The number of carbonyl (C=O) groups excluding carboxylic acids is 2. The van der Waals surface area contributed by atoms with Gasteiger partial charge in [0.2, 0.25) is 0 Å². The molecule has 0 atom stereocenters. The summed E-state index contributed by atoms with van der Waals surface area (Å²) in [5.74, 6) is -0.489. The summed E-state index contributed by atoms with van der Waals surface area (Å²) in [5.41, 5.74) is 0. The average molecular weight is 254 g/mol. The van der Waals surface area contributed by atoms with Gasteiger partial charge in [-0.2, -0.15) is 0 Å². The summed E-state index contributed by atoms with van der Waals surface area (Å²) in [5, 5.41) is 0. The molecule has 18 heavy (non-hydrogen) atoms. The monoisotopic (exact) mass is 254 g/mol. The molecule has 1 aromatic heterocycles. The number of rotatable bonds is 8. The number of hydrogen-bond donors (Lipinski definition) is 0. The van der Waals surface area contributed by atoms with E-state index in [1.807, 2.05) is 0 Å². The molecule has 0 unspecified atom stereocenters. The summed E-state index contributed by atoms with van der Waals surface area (Å²) in [6.07, 6.45) is 6.84. The third-order valence-corrected chi connectivity index (χ3v) is 2.25. The van der Waals surface area contributed by atoms with Crippen LogP contribution in [0.5, 0.6) is 0 Å². The average Bonchev–Trinajstić information content (AvgIpc) is 2.85. The molecular weight excluding hydrogens is 236 g/mol. The summed E-state index contributed by atoms with van der Waals surface area (Å²) in [6, 6.07) is 0. The van der Waals surface area contributed by atoms with Gasteiger partial charge in [-0.3, -0.25) is 9.59 Å². The van der Waals surface area contributed by atoms with E-state index in [0.717, 1.165) is 0 Å². The van der Waals surface area contributed by atoms with Crippen molar-refractivity contribution in [2.45, 2.75) is 39.3 Å². The fourth-order valence-electron chi connectivity index (χ4n) is 1.35. The van der Waals surface area contributed by atoms with Gasteiger partial charge in [0.05, 0.1) is 12.9 Å². The Kier molecular flexibility index (Phi) is 6.53. The highest BCUT2D eigenvalue weighted by Gasteiger charge is 2.05. The lowest BCUT2D eigenvalue weighted by molar-refractivity contribution is -0.148. The molecule has 0 saturated carbocycles. The van der Waals surface area contributed by atoms with Gasteiger partial charge in [0.15, 0.2) is 6.73 Å². The van der Waals surface area contributed by atoms with Crippen LogP contribution in [-0.4, -0.2) is 28.1 Å². The quantitative estimate of drug-likeness (QED) is 0.519. The highest BCUT2D eigenvalue weighted by Crippen LogP contribution is 2.03. The van der Waals surface area contributed by atoms with Gasteiger partial charge in [-0.15, -0.1) is 0 Å². The lowest BCUT2D eigenvalue weighted by atomic mass is 10.2. The van der Waals surface area contributed by atoms with Crippen molar-refractivity contribution < 1.29 is 19.1 Å². The van der Waals surface area contributed by atoms with Crippen LogP contribution >= 0.6 is 0 Å². The van der Waals surface area contributed by atoms with Crippen molar-refractivity contribution in [1.82, 2.24) is 9.55 Å². The van der Waals surface area contributed by atoms with E-state index < -0.39 is 0 Å². The van der Waals surface area contributed by atoms with Gasteiger partial charge in [-0.05, 0) is 19.8 Å². The molecule has 1 heterocycles. The van der Waals surface area contributed by atoms with Gasteiger partial charge >= 0.3 is 11.9 Å². The molecule has 0 saturated heterocycles. The SMILES string of the molecule is CCOC(=O)CCCCC(=O)OCn1ccnc1. The molecule has 0 aliphatic rings. The first-order valence-electron chi connectivity index (χ1n) is 5.99. The Hall–Kier alpha value is -1.85. The van der Waals surface area contributed by atoms with Crippen LogP contribution < -0.4 is 0 Å². The lowest BCUT2D eigenvalue weighted by Gasteiger charge is -2.05. The Balaban J connectivity index is 2.01. The molecule has 0 amide bonds. The highest BCUT2D eigenvalue weighted by atomic mass is 16.5. The molecule has 1 rings (SSSR count). The second-order valence-electron chi connectivity index (χ2n) is 3.73. The van der Waals surface area contributed by atoms with E-state index in [1.54, 1.807) is 30.2 Å². The maximum atomic E-state index is 11.3. The number of nitrogens with zero attached hydrogens (tertiary/aromatic N) is 2. The third-order valence-electron chi connectivity index (χ3n) is 2.25. The first-order chi connectivity index (χ1) is 8.72. The van der Waals surface area contributed by atoms with Crippen molar-refractivity contribution in [2.75, 3.05) is 6.61 Å². The minimum atomic E-state index is -0.271. The summed E-state index contributed by atoms with van der Waals surface area (Å²) in [4.78, 5) is 26.2. The van der Waals surface area contributed by atoms with Crippen molar-refractivity contribution >= 4 is 11.9 Å². The molecule has 0 aliphatic heterocycles. The van der Waals surface area contributed by atoms with E-state index in [0.29, 0.717) is 32.3 Å². The van der Waals surface area contributed by atoms with Gasteiger partial charge in [-0.25, -0.2) is 4.98 Å². The van der Waals surface area contributed by atoms with Crippen molar-refractivity contribution in [3.05, 3.63) is 18.7 Å². The van der Waals surface area contributed by atoms with E-state index in [2.05, 4.69) is 4.98 Å². The number of aromatic nitrogens is 2. The molecule has 0 radical (unpaired) electrons. The van der Waals surface area contributed by atoms with Crippen LogP contribution in [0.2, 0.25) is 0 Å². The Bertz CT molecular complexity index is 362. The maximum Gasteiger partial charge on any atom is 0.307 e. The molecule has 100 valence electrons. The molecule has 0 aromatic carbocycles. The van der Waals surface area contributed by atoms with Crippen molar-refractivity contribution in [3.8, 4) is 0 Å². The smallest absolute Gasteiger partial charge is 0.307 e. The van der Waals surface area contributed by atoms with Crippen molar-refractivity contribution in [1.29, 1.82) is 0 Å². The van der Waals surface area contributed by atoms with E-state index in [9.17, 15) is 9.59 Å². The van der Waals surface area contributed by atoms with Gasteiger partial charge in [0, 0.05) is 25.2 Å². The number of imidazole rings is 1. The number of carbonyl (C=O) groups is 2. The van der Waals surface area contributed by atoms with Gasteiger partial charge in [0.25, 0.3) is 0 Å². The summed E-state index contributed by atoms with van der Waals surface area (Å²) in [7, 11) is 0. The molecular formula is C12H18N2O4. The van der Waals surface area contributed by atoms with E-state index in [4.69, 9.17) is 9.47 Å². The zero-order chi connectivity index (χ0) is 13.2. The van der Waals surface area contributed by atoms with E-state index >= 15 is 0 Å². The fourth-order valence-corrected chi connectivity index (χ4v) is 1.35. The second-order valence-corrected chi connectivity index (χ2v) is 3.73. The third kappa shape index (κ3) is 6.03. The van der Waals surface area contributed by atoms with Gasteiger partial charge in [-0.1, -0.05) is 0 Å². The van der Waals surface area contributed by atoms with Crippen LogP contribution in [0.3, 0.4) is 0 Å². The minimum absolute atomic E-state index is 0.177. The minimum Gasteiger partial charge on any atom is -0.466 e. The summed E-state index contributed by atoms with van der Waals surface area (Å²) >= 11 is 0. The van der Waals surface area contributed by atoms with Crippen LogP contribution in [0.1, 0.15) is 32.6 Å². The zero-order valence-electron chi connectivity index (χ0n) is 10.5. The normalized spacial score (nSPS) is 10.1. The topological polar surface area (TPSA) is 70.4 Å². The predicted molar refractivity (Wildman–Crippen MR) is 63.4 cm³/mol. The van der Waals surface area contributed by atoms with E-state index in [1.165, 1.54) is 0 Å². The summed E-state index contributed by atoms with van der Waals surface area (Å²) < 4.78 is 11.5. The van der Waals surface area contributed by atoms with Crippen LogP contribution in [0.25, 0.3) is 0 Å². The first-order valence-corrected chi connectivity index (χ1v) is 5.99. The molecule has 0 aliphatic carbocycles. The first kappa shape index (κ1) is 14.2. The molecule has 6 heteroatoms. The van der Waals surface area contributed by atoms with Crippen LogP contribution in [-0.2, 0) is 25.8 Å². The molecule has 0 fully saturated rings. The Morgan fingerprint density at radius 3 is 2.39 bits per heavy atom. The van der Waals surface area contributed by atoms with Crippen LogP contribution in [0.4, 0.5) is 0 Å². The zero-order valence-corrected chi connectivity index (χ0v) is 10.5. The Morgan fingerprint density at radius 1 is 1.17 bits per heavy atom. The maximum absolute atomic E-state index is 11.3. The Morgan fingerprint density at radius 2 is 1.83 bits per heavy atom. The van der Waals surface area contributed by atoms with Crippen molar-refractivity contribution in [2.24, 2.45) is 0 Å². The molecule has 0 N–H and O–H groups in total. The number of unbranched alkanes of at least 4 members (excludes halogenated alkanes) is 1. The predicted octanol–water partition coefficient (Wildman–Crippen LogP) is 1.51. The molecule has 6 nitrogen and oxygen atoms in total. The largest absolute Gasteiger partial charge is 0.466 e. The molecule has 1 aromatic rings. The number of ether oxygens (including phenoxy) is 2.